The van der Waals surface area contributed by atoms with E-state index in [-0.39, 0.29) is 24.0 Å². The molecule has 23 heavy (non-hydrogen) atoms. The molecule has 0 aliphatic carbocycles. The molecule has 2 N–H and O–H groups in total. The van der Waals surface area contributed by atoms with Crippen molar-refractivity contribution in [2.45, 2.75) is 51.7 Å². The Morgan fingerprint density at radius 1 is 1.22 bits per heavy atom. The van der Waals surface area contributed by atoms with E-state index < -0.39 is 0 Å². The van der Waals surface area contributed by atoms with Crippen LogP contribution in [0, 0.1) is 0 Å². The second kappa shape index (κ2) is 9.47. The highest BCUT2D eigenvalue weighted by Gasteiger charge is 2.19. The predicted molar refractivity (Wildman–Crippen MR) is 107 cm³/mol. The molecule has 1 aromatic rings. The number of nitrogens with one attached hydrogen (secondary N) is 2. The molecule has 0 radical (unpaired) electrons. The van der Waals surface area contributed by atoms with Gasteiger partial charge in [0.15, 0.2) is 5.96 Å². The molecular weight excluding hydrogens is 399 g/mol. The third kappa shape index (κ3) is 5.35. The molecule has 2 heterocycles. The Hall–Kier alpha value is -0.820. The van der Waals surface area contributed by atoms with Crippen molar-refractivity contribution in [2.24, 2.45) is 4.99 Å². The number of nitrogens with zero attached hydrogens (tertiary/aromatic N) is 2. The Kier molecular flexibility index (Phi) is 7.62. The summed E-state index contributed by atoms with van der Waals surface area (Å²) in [5.74, 6) is 0.951. The van der Waals surface area contributed by atoms with Gasteiger partial charge in [0.1, 0.15) is 0 Å². The fourth-order valence-corrected chi connectivity index (χ4v) is 3.33. The van der Waals surface area contributed by atoms with E-state index in [0.717, 1.165) is 38.6 Å². The molecule has 0 spiro atoms. The molecule has 2 aliphatic rings. The van der Waals surface area contributed by atoms with Crippen LogP contribution < -0.4 is 10.6 Å². The zero-order valence-corrected chi connectivity index (χ0v) is 16.4. The molecule has 1 fully saturated rings. The van der Waals surface area contributed by atoms with Crippen molar-refractivity contribution in [2.75, 3.05) is 19.6 Å². The smallest absolute Gasteiger partial charge is 0.191 e. The zero-order valence-electron chi connectivity index (χ0n) is 14.1. The van der Waals surface area contributed by atoms with Crippen molar-refractivity contribution < 1.29 is 0 Å². The van der Waals surface area contributed by atoms with Crippen LogP contribution >= 0.6 is 24.0 Å². The summed E-state index contributed by atoms with van der Waals surface area (Å²) in [5.41, 5.74) is 2.83. The van der Waals surface area contributed by atoms with Gasteiger partial charge in [-0.25, -0.2) is 0 Å². The summed E-state index contributed by atoms with van der Waals surface area (Å²) in [5, 5.41) is 6.77. The van der Waals surface area contributed by atoms with E-state index in [1.165, 1.54) is 36.9 Å². The number of benzene rings is 1. The standard InChI is InChI=1S/C18H28N4.HI/c1-15-7-4-5-12-22(15)14-17-9-3-2-8-16(17)13-21-18-19-10-6-11-20-18;/h2-3,8-9,15H,4-7,10-14H2,1H3,(H2,19,20,21);1H. The van der Waals surface area contributed by atoms with Crippen LogP contribution in [0.25, 0.3) is 0 Å². The fraction of sp³-hybridized carbons (Fsp3) is 0.611. The van der Waals surface area contributed by atoms with Crippen LogP contribution in [0.5, 0.6) is 0 Å². The number of rotatable bonds is 4. The van der Waals surface area contributed by atoms with E-state index in [4.69, 9.17) is 0 Å². The number of piperidine rings is 1. The van der Waals surface area contributed by atoms with Crippen LogP contribution in [0.3, 0.4) is 0 Å². The molecule has 128 valence electrons. The summed E-state index contributed by atoms with van der Waals surface area (Å²) in [6.07, 6.45) is 5.19. The van der Waals surface area contributed by atoms with E-state index in [1.807, 2.05) is 0 Å². The number of likely N-dealkylation sites (tertiary alicyclic amines) is 1. The fourth-order valence-electron chi connectivity index (χ4n) is 3.33. The average Bonchev–Trinajstić information content (AvgIpc) is 2.57. The second-order valence-corrected chi connectivity index (χ2v) is 6.45. The lowest BCUT2D eigenvalue weighted by Gasteiger charge is -2.33. The topological polar surface area (TPSA) is 39.7 Å². The summed E-state index contributed by atoms with van der Waals surface area (Å²) in [6.45, 7) is 7.47. The first-order valence-corrected chi connectivity index (χ1v) is 8.66. The van der Waals surface area contributed by atoms with Gasteiger partial charge in [-0.3, -0.25) is 9.89 Å². The van der Waals surface area contributed by atoms with Crippen molar-refractivity contribution in [3.05, 3.63) is 35.4 Å². The molecule has 3 rings (SSSR count). The molecule has 1 atom stereocenters. The van der Waals surface area contributed by atoms with Crippen molar-refractivity contribution in [1.29, 1.82) is 0 Å². The highest BCUT2D eigenvalue weighted by atomic mass is 127. The van der Waals surface area contributed by atoms with E-state index in [2.05, 4.69) is 51.7 Å². The second-order valence-electron chi connectivity index (χ2n) is 6.45. The van der Waals surface area contributed by atoms with Crippen molar-refractivity contribution in [3.63, 3.8) is 0 Å². The first kappa shape index (κ1) is 18.5. The maximum absolute atomic E-state index is 4.49. The highest BCUT2D eigenvalue weighted by molar-refractivity contribution is 14.0. The van der Waals surface area contributed by atoms with Crippen molar-refractivity contribution in [3.8, 4) is 0 Å². The van der Waals surface area contributed by atoms with Crippen LogP contribution in [0.4, 0.5) is 0 Å². The maximum Gasteiger partial charge on any atom is 0.191 e. The Morgan fingerprint density at radius 3 is 2.78 bits per heavy atom. The third-order valence-electron chi connectivity index (χ3n) is 4.78. The number of hydrogen-bond acceptors (Lipinski definition) is 4. The zero-order chi connectivity index (χ0) is 15.2. The third-order valence-corrected chi connectivity index (χ3v) is 4.78. The highest BCUT2D eigenvalue weighted by Crippen LogP contribution is 2.20. The molecule has 1 unspecified atom stereocenters. The summed E-state index contributed by atoms with van der Waals surface area (Å²) >= 11 is 0. The van der Waals surface area contributed by atoms with E-state index in [1.54, 1.807) is 0 Å². The lowest BCUT2D eigenvalue weighted by molar-refractivity contribution is 0.152. The molecule has 1 aromatic carbocycles. The molecule has 1 saturated heterocycles. The summed E-state index contributed by atoms with van der Waals surface area (Å²) in [6, 6.07) is 9.51. The molecule has 0 amide bonds. The summed E-state index contributed by atoms with van der Waals surface area (Å²) < 4.78 is 0. The Labute approximate surface area is 157 Å². The van der Waals surface area contributed by atoms with Crippen molar-refractivity contribution in [1.82, 2.24) is 15.5 Å². The lowest BCUT2D eigenvalue weighted by Crippen LogP contribution is -2.40. The van der Waals surface area contributed by atoms with Gasteiger partial charge < -0.3 is 10.6 Å². The minimum absolute atomic E-state index is 0. The van der Waals surface area contributed by atoms with Crippen LogP contribution in [-0.2, 0) is 13.1 Å². The van der Waals surface area contributed by atoms with Gasteiger partial charge in [0.05, 0.1) is 0 Å². The quantitative estimate of drug-likeness (QED) is 0.725. The molecule has 2 aliphatic heterocycles. The van der Waals surface area contributed by atoms with Gasteiger partial charge in [-0.05, 0) is 43.9 Å². The maximum atomic E-state index is 4.49. The van der Waals surface area contributed by atoms with Gasteiger partial charge in [0.25, 0.3) is 0 Å². The monoisotopic (exact) mass is 428 g/mol. The molecular formula is C18H29IN4. The average molecular weight is 428 g/mol. The molecule has 4 nitrogen and oxygen atoms in total. The summed E-state index contributed by atoms with van der Waals surface area (Å²) in [7, 11) is 0. The number of guanidine groups is 1. The van der Waals surface area contributed by atoms with Gasteiger partial charge >= 0.3 is 0 Å². The molecule has 0 bridgehead atoms. The van der Waals surface area contributed by atoms with Crippen LogP contribution in [0.2, 0.25) is 0 Å². The van der Waals surface area contributed by atoms with Crippen LogP contribution in [0.15, 0.2) is 29.3 Å². The first-order valence-electron chi connectivity index (χ1n) is 8.66. The van der Waals surface area contributed by atoms with Gasteiger partial charge in [-0.1, -0.05) is 30.7 Å². The van der Waals surface area contributed by atoms with Gasteiger partial charge in [-0.2, -0.15) is 0 Å². The summed E-state index contributed by atoms with van der Waals surface area (Å²) in [4.78, 5) is 7.11. The van der Waals surface area contributed by atoms with Crippen LogP contribution in [0.1, 0.15) is 43.7 Å². The largest absolute Gasteiger partial charge is 0.356 e. The van der Waals surface area contributed by atoms with Crippen LogP contribution in [-0.4, -0.2) is 36.5 Å². The Morgan fingerprint density at radius 2 is 2.04 bits per heavy atom. The number of hydrogen-bond donors (Lipinski definition) is 2. The van der Waals surface area contributed by atoms with Gasteiger partial charge in [0, 0.05) is 32.2 Å². The van der Waals surface area contributed by atoms with E-state index >= 15 is 0 Å². The molecule has 0 saturated carbocycles. The predicted octanol–water partition coefficient (Wildman–Crippen LogP) is 3.12. The Balaban J connectivity index is 0.00000192. The normalized spacial score (nSPS) is 21.8. The minimum atomic E-state index is 0. The lowest BCUT2D eigenvalue weighted by atomic mass is 10.0. The minimum Gasteiger partial charge on any atom is -0.356 e. The number of halogens is 1. The van der Waals surface area contributed by atoms with Gasteiger partial charge in [-0.15, -0.1) is 24.0 Å². The Bertz CT molecular complexity index is 517. The molecule has 0 aromatic heterocycles. The van der Waals surface area contributed by atoms with E-state index in [9.17, 15) is 0 Å². The van der Waals surface area contributed by atoms with Crippen molar-refractivity contribution >= 4 is 29.9 Å². The first-order chi connectivity index (χ1) is 10.8. The SMILES string of the molecule is CC1CCCCN1Cc1ccccc1CNC1=NCCCN1.I. The molecule has 5 heteroatoms. The van der Waals surface area contributed by atoms with Gasteiger partial charge in [0.2, 0.25) is 0 Å². The number of aliphatic imine (C=N–C) groups is 1. The van der Waals surface area contributed by atoms with E-state index in [0.29, 0.717) is 6.04 Å².